The maximum Gasteiger partial charge on any atom is 0.387 e. The van der Waals surface area contributed by atoms with Crippen molar-refractivity contribution in [3.05, 3.63) is 66.2 Å². The lowest BCUT2D eigenvalue weighted by Crippen LogP contribution is -2.10. The minimum Gasteiger partial charge on any atom is -0.434 e. The number of rotatable bonds is 4. The molecule has 2 atom stereocenters. The maximum absolute atomic E-state index is 14.8. The molecule has 0 unspecified atom stereocenters. The lowest BCUT2D eigenvalue weighted by atomic mass is 10.0. The third-order valence-corrected chi connectivity index (χ3v) is 5.24. The molecule has 1 aliphatic heterocycles. The van der Waals surface area contributed by atoms with E-state index >= 15 is 0 Å². The van der Waals surface area contributed by atoms with Crippen molar-refractivity contribution in [3.8, 4) is 16.9 Å². The Labute approximate surface area is 169 Å². The first-order valence-corrected chi connectivity index (χ1v) is 9.29. The van der Waals surface area contributed by atoms with Crippen molar-refractivity contribution >= 4 is 17.0 Å². The predicted molar refractivity (Wildman–Crippen MR) is 105 cm³/mol. The Morgan fingerprint density at radius 2 is 1.83 bits per heavy atom. The van der Waals surface area contributed by atoms with Gasteiger partial charge in [-0.15, -0.1) is 0 Å². The van der Waals surface area contributed by atoms with Crippen LogP contribution in [0.5, 0.6) is 5.75 Å². The van der Waals surface area contributed by atoms with Gasteiger partial charge in [0.25, 0.3) is 0 Å². The first kappa shape index (κ1) is 18.4. The van der Waals surface area contributed by atoms with Gasteiger partial charge in [-0.1, -0.05) is 24.3 Å². The lowest BCUT2D eigenvalue weighted by molar-refractivity contribution is -0.0507. The first-order chi connectivity index (χ1) is 14.5. The number of alkyl halides is 3. The van der Waals surface area contributed by atoms with Crippen LogP contribution < -0.4 is 10.5 Å². The molecule has 0 bridgehead atoms. The van der Waals surface area contributed by atoms with Gasteiger partial charge in [-0.25, -0.2) is 19.3 Å². The van der Waals surface area contributed by atoms with Crippen LogP contribution in [-0.4, -0.2) is 26.1 Å². The normalized spacial score (nSPS) is 18.1. The van der Waals surface area contributed by atoms with Gasteiger partial charge in [0.05, 0.1) is 17.1 Å². The van der Waals surface area contributed by atoms with E-state index < -0.39 is 18.8 Å². The highest BCUT2D eigenvalue weighted by atomic mass is 19.3. The summed E-state index contributed by atoms with van der Waals surface area (Å²) >= 11 is 0. The van der Waals surface area contributed by atoms with Gasteiger partial charge in [-0.05, 0) is 23.8 Å². The molecule has 4 aromatic rings. The third kappa shape index (κ3) is 3.02. The largest absolute Gasteiger partial charge is 0.434 e. The quantitative estimate of drug-likeness (QED) is 0.528. The van der Waals surface area contributed by atoms with Crippen LogP contribution in [0.3, 0.4) is 0 Å². The van der Waals surface area contributed by atoms with Gasteiger partial charge < -0.3 is 15.0 Å². The molecular weight excluding hydrogens is 395 g/mol. The molecule has 6 nitrogen and oxygen atoms in total. The summed E-state index contributed by atoms with van der Waals surface area (Å²) in [6, 6.07) is 11.4. The smallest absolute Gasteiger partial charge is 0.387 e. The summed E-state index contributed by atoms with van der Waals surface area (Å²) in [6.45, 7) is -2.97. The van der Waals surface area contributed by atoms with E-state index in [-0.39, 0.29) is 23.9 Å². The Morgan fingerprint density at radius 3 is 2.60 bits per heavy atom. The highest BCUT2D eigenvalue weighted by Gasteiger charge is 2.36. The Hall–Kier alpha value is -3.62. The molecule has 2 aromatic heterocycles. The number of fused-ring (bicyclic) bond motifs is 3. The molecule has 0 saturated heterocycles. The third-order valence-electron chi connectivity index (χ3n) is 5.24. The average Bonchev–Trinajstić information content (AvgIpc) is 3.26. The Morgan fingerprint density at radius 1 is 1.07 bits per heavy atom. The van der Waals surface area contributed by atoms with E-state index in [0.29, 0.717) is 16.6 Å². The molecule has 0 aliphatic carbocycles. The molecule has 0 amide bonds. The number of anilines is 1. The molecule has 30 heavy (non-hydrogen) atoms. The van der Waals surface area contributed by atoms with Gasteiger partial charge in [0.15, 0.2) is 6.17 Å². The minimum atomic E-state index is -2.97. The summed E-state index contributed by atoms with van der Waals surface area (Å²) in [6.07, 6.45) is 1.99. The SMILES string of the molecule is Nc1ncc(-c2ccc3nc4n(c3c2)[C@@H](c2ccccc2OC(F)F)C[C@H]4F)cn1. The number of imidazole rings is 1. The van der Waals surface area contributed by atoms with E-state index in [2.05, 4.69) is 19.7 Å². The Balaban J connectivity index is 1.65. The molecular formula is C21H16F3N5O. The number of hydrogen-bond acceptors (Lipinski definition) is 5. The number of hydrogen-bond donors (Lipinski definition) is 1. The molecule has 0 fully saturated rings. The van der Waals surface area contributed by atoms with E-state index in [0.717, 1.165) is 11.1 Å². The van der Waals surface area contributed by atoms with Crippen LogP contribution in [0, 0.1) is 0 Å². The average molecular weight is 411 g/mol. The standard InChI is InChI=1S/C21H16F3N5O/c22-14-8-16(13-3-1-2-4-18(13)30-20(23)24)29-17-7-11(5-6-15(17)28-19(14)29)12-9-26-21(25)27-10-12/h1-7,9-10,14,16,20H,8H2,(H2,25,26,27)/t14-,16-/m1/s1. The van der Waals surface area contributed by atoms with Crippen LogP contribution in [0.2, 0.25) is 0 Å². The second kappa shape index (κ2) is 7.01. The van der Waals surface area contributed by atoms with Crippen LogP contribution in [-0.2, 0) is 0 Å². The number of aromatic nitrogens is 4. The highest BCUT2D eigenvalue weighted by Crippen LogP contribution is 2.45. The van der Waals surface area contributed by atoms with Crippen LogP contribution in [0.25, 0.3) is 22.2 Å². The van der Waals surface area contributed by atoms with Crippen LogP contribution in [0.1, 0.15) is 30.0 Å². The summed E-state index contributed by atoms with van der Waals surface area (Å²) in [4.78, 5) is 12.4. The topological polar surface area (TPSA) is 78.8 Å². The number of ether oxygens (including phenoxy) is 1. The summed E-state index contributed by atoms with van der Waals surface area (Å²) in [5.74, 6) is 0.469. The summed E-state index contributed by atoms with van der Waals surface area (Å²) < 4.78 is 47.1. The summed E-state index contributed by atoms with van der Waals surface area (Å²) in [5.41, 5.74) is 8.90. The number of nitrogens with two attached hydrogens (primary N) is 1. The second-order valence-electron chi connectivity index (χ2n) is 7.01. The van der Waals surface area contributed by atoms with Crippen molar-refractivity contribution in [2.75, 3.05) is 5.73 Å². The number of halogens is 3. The van der Waals surface area contributed by atoms with E-state index in [1.165, 1.54) is 6.07 Å². The van der Waals surface area contributed by atoms with E-state index in [1.807, 2.05) is 12.1 Å². The predicted octanol–water partition coefficient (Wildman–Crippen LogP) is 4.68. The number of nitrogen functional groups attached to an aromatic ring is 1. The van der Waals surface area contributed by atoms with Gasteiger partial charge in [-0.2, -0.15) is 8.78 Å². The Kier molecular flexibility index (Phi) is 4.30. The molecule has 0 saturated carbocycles. The summed E-state index contributed by atoms with van der Waals surface area (Å²) in [5, 5.41) is 0. The van der Waals surface area contributed by atoms with Crippen LogP contribution in [0.4, 0.5) is 19.1 Å². The van der Waals surface area contributed by atoms with Gasteiger partial charge in [0.2, 0.25) is 5.95 Å². The maximum atomic E-state index is 14.8. The summed E-state index contributed by atoms with van der Waals surface area (Å²) in [7, 11) is 0. The lowest BCUT2D eigenvalue weighted by Gasteiger charge is -2.18. The monoisotopic (exact) mass is 411 g/mol. The van der Waals surface area contributed by atoms with Crippen molar-refractivity contribution in [1.82, 2.24) is 19.5 Å². The zero-order valence-electron chi connectivity index (χ0n) is 15.5. The zero-order valence-corrected chi connectivity index (χ0v) is 15.5. The number of benzene rings is 2. The number of para-hydroxylation sites is 1. The van der Waals surface area contributed by atoms with Gasteiger partial charge in [-0.3, -0.25) is 0 Å². The molecule has 1 aliphatic rings. The van der Waals surface area contributed by atoms with E-state index in [4.69, 9.17) is 5.73 Å². The van der Waals surface area contributed by atoms with Crippen molar-refractivity contribution in [1.29, 1.82) is 0 Å². The van der Waals surface area contributed by atoms with E-state index in [1.54, 1.807) is 41.2 Å². The van der Waals surface area contributed by atoms with Crippen molar-refractivity contribution in [2.45, 2.75) is 25.2 Å². The van der Waals surface area contributed by atoms with Crippen molar-refractivity contribution in [2.24, 2.45) is 0 Å². The molecule has 2 aromatic carbocycles. The fourth-order valence-electron chi connectivity index (χ4n) is 3.96. The molecule has 9 heteroatoms. The van der Waals surface area contributed by atoms with Crippen LogP contribution >= 0.6 is 0 Å². The zero-order chi connectivity index (χ0) is 20.8. The molecule has 2 N–H and O–H groups in total. The number of nitrogens with zero attached hydrogens (tertiary/aromatic N) is 4. The first-order valence-electron chi connectivity index (χ1n) is 9.29. The molecule has 3 heterocycles. The Bertz CT molecular complexity index is 1230. The highest BCUT2D eigenvalue weighted by molar-refractivity contribution is 5.83. The van der Waals surface area contributed by atoms with Gasteiger partial charge in [0, 0.05) is 29.9 Å². The van der Waals surface area contributed by atoms with Crippen molar-refractivity contribution < 1.29 is 17.9 Å². The molecule has 152 valence electrons. The molecule has 0 spiro atoms. The van der Waals surface area contributed by atoms with Gasteiger partial charge >= 0.3 is 6.61 Å². The van der Waals surface area contributed by atoms with Crippen molar-refractivity contribution in [3.63, 3.8) is 0 Å². The second-order valence-corrected chi connectivity index (χ2v) is 7.01. The van der Waals surface area contributed by atoms with Crippen LogP contribution in [0.15, 0.2) is 54.9 Å². The molecule has 5 rings (SSSR count). The van der Waals surface area contributed by atoms with E-state index in [9.17, 15) is 13.2 Å². The minimum absolute atomic E-state index is 0.0301. The fraction of sp³-hybridized carbons (Fsp3) is 0.190. The molecule has 0 radical (unpaired) electrons. The fourth-order valence-corrected chi connectivity index (χ4v) is 3.96. The van der Waals surface area contributed by atoms with Gasteiger partial charge in [0.1, 0.15) is 11.6 Å².